The number of carbonyl (C=O) groups is 1. The van der Waals surface area contributed by atoms with Crippen LogP contribution in [0.4, 0.5) is 24.7 Å². The molecule has 10 nitrogen and oxygen atoms in total. The highest BCUT2D eigenvalue weighted by molar-refractivity contribution is 6.33. The molecule has 1 heterocycles. The zero-order valence-electron chi connectivity index (χ0n) is 23.1. The molecule has 0 saturated carbocycles. The number of benzene rings is 3. The van der Waals surface area contributed by atoms with Gasteiger partial charge in [-0.2, -0.15) is 0 Å². The number of nitrogen functional groups attached to an aromatic ring is 1. The molecule has 0 atom stereocenters. The van der Waals surface area contributed by atoms with E-state index >= 15 is 0 Å². The van der Waals surface area contributed by atoms with E-state index in [1.807, 2.05) is 24.3 Å². The summed E-state index contributed by atoms with van der Waals surface area (Å²) < 4.78 is 58.4. The molecule has 4 rings (SSSR count). The van der Waals surface area contributed by atoms with Gasteiger partial charge >= 0.3 is 12.3 Å². The van der Waals surface area contributed by atoms with Crippen molar-refractivity contribution in [2.75, 3.05) is 32.0 Å². The minimum atomic E-state index is -4.99. The number of alkyl halides is 3. The molecule has 14 heteroatoms. The van der Waals surface area contributed by atoms with E-state index < -0.39 is 29.2 Å². The van der Waals surface area contributed by atoms with Crippen molar-refractivity contribution < 1.29 is 36.9 Å². The van der Waals surface area contributed by atoms with Gasteiger partial charge in [0.05, 0.1) is 37.7 Å². The van der Waals surface area contributed by atoms with E-state index in [0.29, 0.717) is 11.5 Å². The molecule has 1 aromatic heterocycles. The maximum absolute atomic E-state index is 13.8. The molecular weight excluding hydrogens is 593 g/mol. The highest BCUT2D eigenvalue weighted by Crippen LogP contribution is 2.34. The highest BCUT2D eigenvalue weighted by atomic mass is 35.5. The lowest BCUT2D eigenvalue weighted by Crippen LogP contribution is -2.33. The van der Waals surface area contributed by atoms with E-state index in [2.05, 4.69) is 9.72 Å². The summed E-state index contributed by atoms with van der Waals surface area (Å²) in [5, 5.41) is -0.347. The average molecular weight is 619 g/mol. The second-order valence-corrected chi connectivity index (χ2v) is 9.46. The molecule has 0 saturated heterocycles. The molecule has 0 spiro atoms. The fourth-order valence-electron chi connectivity index (χ4n) is 4.27. The molecule has 0 unspecified atom stereocenters. The van der Waals surface area contributed by atoms with E-state index in [4.69, 9.17) is 31.5 Å². The van der Waals surface area contributed by atoms with Crippen molar-refractivity contribution in [2.45, 2.75) is 19.5 Å². The molecule has 0 bridgehead atoms. The van der Waals surface area contributed by atoms with Gasteiger partial charge in [-0.05, 0) is 35.4 Å². The van der Waals surface area contributed by atoms with Crippen LogP contribution in [0.5, 0.6) is 17.2 Å². The highest BCUT2D eigenvalue weighted by Gasteiger charge is 2.32. The molecular formula is C29H26ClF3N4O6. The number of ether oxygens (including phenoxy) is 4. The third-order valence-electron chi connectivity index (χ3n) is 6.25. The number of rotatable bonds is 10. The van der Waals surface area contributed by atoms with Crippen LogP contribution in [0, 0.1) is 0 Å². The van der Waals surface area contributed by atoms with E-state index in [1.54, 1.807) is 43.4 Å². The molecule has 226 valence electrons. The number of nitrogens with two attached hydrogens (primary N) is 1. The van der Waals surface area contributed by atoms with Crippen molar-refractivity contribution in [3.05, 3.63) is 99.1 Å². The first-order chi connectivity index (χ1) is 20.4. The van der Waals surface area contributed by atoms with Gasteiger partial charge in [-0.3, -0.25) is 9.36 Å². The molecule has 0 fully saturated rings. The quantitative estimate of drug-likeness (QED) is 0.185. The summed E-state index contributed by atoms with van der Waals surface area (Å²) in [6.45, 7) is 0.422. The van der Waals surface area contributed by atoms with Crippen molar-refractivity contribution >= 4 is 29.1 Å². The Morgan fingerprint density at radius 3 is 1.91 bits per heavy atom. The fourth-order valence-corrected chi connectivity index (χ4v) is 4.58. The minimum Gasteiger partial charge on any atom is -0.497 e. The van der Waals surface area contributed by atoms with Crippen molar-refractivity contribution in [3.8, 4) is 22.9 Å². The van der Waals surface area contributed by atoms with Crippen LogP contribution in [0.15, 0.2) is 71.8 Å². The number of anilines is 2. The Kier molecular flexibility index (Phi) is 9.34. The van der Waals surface area contributed by atoms with Gasteiger partial charge in [0.15, 0.2) is 11.4 Å². The number of aromatic nitrogens is 2. The minimum absolute atomic E-state index is 0.00791. The Labute approximate surface area is 248 Å². The Bertz CT molecular complexity index is 1590. The maximum Gasteiger partial charge on any atom is 0.573 e. The van der Waals surface area contributed by atoms with Gasteiger partial charge in [0, 0.05) is 25.2 Å². The first-order valence-corrected chi connectivity index (χ1v) is 12.9. The summed E-state index contributed by atoms with van der Waals surface area (Å²) >= 11 is 6.24. The van der Waals surface area contributed by atoms with Crippen molar-refractivity contribution in [1.29, 1.82) is 0 Å². The molecule has 0 aliphatic carbocycles. The summed E-state index contributed by atoms with van der Waals surface area (Å²) in [5.41, 5.74) is 5.72. The summed E-state index contributed by atoms with van der Waals surface area (Å²) in [6.07, 6.45) is -3.91. The van der Waals surface area contributed by atoms with Gasteiger partial charge < -0.3 is 29.6 Å². The molecule has 0 radical (unpaired) electrons. The number of hydrogen-bond donors (Lipinski definition) is 1. The van der Waals surface area contributed by atoms with Gasteiger partial charge in [0.1, 0.15) is 23.6 Å². The SMILES string of the molecule is COC(=O)c1c(N(Cc2ccc(OC)cc2)Cc2ccc(OC)cc2)ncn(-c2c(N)cc(OC(F)(F)F)cc2Cl)c1=O. The van der Waals surface area contributed by atoms with Crippen LogP contribution in [0.3, 0.4) is 0 Å². The third-order valence-corrected chi connectivity index (χ3v) is 6.53. The van der Waals surface area contributed by atoms with Crippen molar-refractivity contribution in [3.63, 3.8) is 0 Å². The van der Waals surface area contributed by atoms with E-state index in [1.165, 1.54) is 0 Å². The first-order valence-electron chi connectivity index (χ1n) is 12.5. The predicted molar refractivity (Wildman–Crippen MR) is 153 cm³/mol. The van der Waals surface area contributed by atoms with Gasteiger partial charge in [0.25, 0.3) is 5.56 Å². The topological polar surface area (TPSA) is 118 Å². The second-order valence-electron chi connectivity index (χ2n) is 9.05. The molecule has 3 aromatic carbocycles. The molecule has 0 aliphatic heterocycles. The normalized spacial score (nSPS) is 11.1. The number of esters is 1. The zero-order chi connectivity index (χ0) is 31.3. The average Bonchev–Trinajstić information content (AvgIpc) is 2.96. The zero-order valence-corrected chi connectivity index (χ0v) is 23.9. The summed E-state index contributed by atoms with van der Waals surface area (Å²) in [7, 11) is 4.19. The lowest BCUT2D eigenvalue weighted by Gasteiger charge is -2.26. The van der Waals surface area contributed by atoms with Crippen molar-refractivity contribution in [2.24, 2.45) is 0 Å². The van der Waals surface area contributed by atoms with Crippen LogP contribution in [-0.2, 0) is 17.8 Å². The lowest BCUT2D eigenvalue weighted by molar-refractivity contribution is -0.274. The molecule has 2 N–H and O–H groups in total. The van der Waals surface area contributed by atoms with Gasteiger partial charge in [-0.25, -0.2) is 9.78 Å². The second kappa shape index (κ2) is 12.9. The summed E-state index contributed by atoms with van der Waals surface area (Å²) in [5.74, 6) is -0.408. The first kappa shape index (κ1) is 31.0. The van der Waals surface area contributed by atoms with Gasteiger partial charge in [-0.15, -0.1) is 13.2 Å². The predicted octanol–water partition coefficient (Wildman–Crippen LogP) is 5.38. The van der Waals surface area contributed by atoms with Crippen LogP contribution in [0.2, 0.25) is 5.02 Å². The molecule has 0 aliphatic rings. The lowest BCUT2D eigenvalue weighted by atomic mass is 10.1. The number of nitrogens with zero attached hydrogens (tertiary/aromatic N) is 3. The summed E-state index contributed by atoms with van der Waals surface area (Å²) in [6, 6.07) is 16.1. The van der Waals surface area contributed by atoms with Crippen LogP contribution in [0.25, 0.3) is 5.69 Å². The molecule has 4 aromatic rings. The van der Waals surface area contributed by atoms with Crippen LogP contribution < -0.4 is 30.4 Å². The van der Waals surface area contributed by atoms with Crippen LogP contribution >= 0.6 is 11.6 Å². The Hall–Kier alpha value is -4.91. The van der Waals surface area contributed by atoms with Gasteiger partial charge in [-0.1, -0.05) is 35.9 Å². The number of methoxy groups -OCH3 is 3. The van der Waals surface area contributed by atoms with Crippen LogP contribution in [0.1, 0.15) is 21.5 Å². The Morgan fingerprint density at radius 2 is 1.47 bits per heavy atom. The number of halogens is 4. The number of carbonyl (C=O) groups excluding carboxylic acids is 1. The third kappa shape index (κ3) is 7.30. The largest absolute Gasteiger partial charge is 0.573 e. The van der Waals surface area contributed by atoms with Crippen molar-refractivity contribution in [1.82, 2.24) is 9.55 Å². The summed E-state index contributed by atoms with van der Waals surface area (Å²) in [4.78, 5) is 33.0. The van der Waals surface area contributed by atoms with Gasteiger partial charge in [0.2, 0.25) is 0 Å². The smallest absolute Gasteiger partial charge is 0.497 e. The maximum atomic E-state index is 13.8. The molecule has 43 heavy (non-hydrogen) atoms. The molecule has 0 amide bonds. The van der Waals surface area contributed by atoms with E-state index in [9.17, 15) is 22.8 Å². The standard InChI is InChI=1S/C29H26ClF3N4O6/c1-40-19-8-4-17(5-9-19)14-36(15-18-6-10-20(41-2)11-7-18)26-24(28(39)42-3)27(38)37(16-35-26)25-22(30)12-21(13-23(25)34)43-29(31,32)33/h4-13,16H,14-15,34H2,1-3H3. The Balaban J connectivity index is 1.84. The Morgan fingerprint density at radius 1 is 0.930 bits per heavy atom. The van der Waals surface area contributed by atoms with E-state index in [-0.39, 0.29) is 35.3 Å². The monoisotopic (exact) mass is 618 g/mol. The fraction of sp³-hybridized carbons (Fsp3) is 0.207. The van der Waals surface area contributed by atoms with Crippen LogP contribution in [-0.4, -0.2) is 43.2 Å². The number of hydrogen-bond acceptors (Lipinski definition) is 9. The van der Waals surface area contributed by atoms with E-state index in [0.717, 1.165) is 41.3 Å².